The molecule has 0 bridgehead atoms. The van der Waals surface area contributed by atoms with Crippen molar-refractivity contribution in [2.75, 3.05) is 26.2 Å². The summed E-state index contributed by atoms with van der Waals surface area (Å²) in [4.78, 5) is 2.15. The van der Waals surface area contributed by atoms with E-state index in [4.69, 9.17) is 11.6 Å². The van der Waals surface area contributed by atoms with Crippen molar-refractivity contribution in [1.82, 2.24) is 10.2 Å². The Kier molecular flexibility index (Phi) is 6.47. The first kappa shape index (κ1) is 16.6. The van der Waals surface area contributed by atoms with Gasteiger partial charge in [0.1, 0.15) is 11.6 Å². The molecule has 0 unspecified atom stereocenters. The first-order valence-electron chi connectivity index (χ1n) is 6.23. The van der Waals surface area contributed by atoms with Gasteiger partial charge in [-0.05, 0) is 18.6 Å². The minimum atomic E-state index is -0.554. The maximum atomic E-state index is 13.9. The minimum absolute atomic E-state index is 0. The molecule has 1 aliphatic heterocycles. The molecule has 1 atom stereocenters. The van der Waals surface area contributed by atoms with Crippen LogP contribution < -0.4 is 5.32 Å². The van der Waals surface area contributed by atoms with Gasteiger partial charge in [-0.2, -0.15) is 0 Å². The van der Waals surface area contributed by atoms with Gasteiger partial charge in [-0.1, -0.05) is 18.5 Å². The first-order valence-corrected chi connectivity index (χ1v) is 6.61. The lowest BCUT2D eigenvalue weighted by Gasteiger charge is -2.35. The molecule has 1 fully saturated rings. The summed E-state index contributed by atoms with van der Waals surface area (Å²) in [6, 6.07) is 2.07. The largest absolute Gasteiger partial charge is 0.314 e. The van der Waals surface area contributed by atoms with Crippen molar-refractivity contribution in [3.63, 3.8) is 0 Å². The average Bonchev–Trinajstić information content (AvgIpc) is 2.40. The molecule has 19 heavy (non-hydrogen) atoms. The number of halogens is 4. The highest BCUT2D eigenvalue weighted by molar-refractivity contribution is 6.31. The SMILES string of the molecule is CC[C@H](c1c(F)ccc(F)c1Cl)N1CCNCC1.Cl. The van der Waals surface area contributed by atoms with Crippen molar-refractivity contribution in [3.8, 4) is 0 Å². The second-order valence-corrected chi connectivity index (χ2v) is 4.84. The normalized spacial score (nSPS) is 17.9. The van der Waals surface area contributed by atoms with Gasteiger partial charge in [-0.15, -0.1) is 12.4 Å². The minimum Gasteiger partial charge on any atom is -0.314 e. The third kappa shape index (κ3) is 3.57. The fraction of sp³-hybridized carbons (Fsp3) is 0.538. The van der Waals surface area contributed by atoms with Crippen LogP contribution in [0.5, 0.6) is 0 Å². The summed E-state index contributed by atoms with van der Waals surface area (Å²) >= 11 is 5.93. The van der Waals surface area contributed by atoms with Crippen molar-refractivity contribution >= 4 is 24.0 Å². The number of piperazine rings is 1. The lowest BCUT2D eigenvalue weighted by molar-refractivity contribution is 0.166. The molecule has 6 heteroatoms. The molecule has 0 spiro atoms. The summed E-state index contributed by atoms with van der Waals surface area (Å²) in [5.41, 5.74) is 0.293. The van der Waals surface area contributed by atoms with E-state index in [-0.39, 0.29) is 23.5 Å². The van der Waals surface area contributed by atoms with Crippen LogP contribution in [0.1, 0.15) is 24.9 Å². The van der Waals surface area contributed by atoms with E-state index in [0.717, 1.165) is 38.3 Å². The van der Waals surface area contributed by atoms with Crippen LogP contribution in [-0.4, -0.2) is 31.1 Å². The third-order valence-electron chi connectivity index (χ3n) is 3.39. The van der Waals surface area contributed by atoms with Crippen LogP contribution in [0.3, 0.4) is 0 Å². The topological polar surface area (TPSA) is 15.3 Å². The standard InChI is InChI=1S/C13H17ClF2N2.ClH/c1-2-11(18-7-5-17-6-8-18)12-9(15)3-4-10(16)13(12)14;/h3-4,11,17H,2,5-8H2,1H3;1H/t11-;/m1./s1. The summed E-state index contributed by atoms with van der Waals surface area (Å²) in [5.74, 6) is -0.978. The van der Waals surface area contributed by atoms with Gasteiger partial charge in [-0.3, -0.25) is 4.90 Å². The quantitative estimate of drug-likeness (QED) is 0.861. The molecular weight excluding hydrogens is 293 g/mol. The van der Waals surface area contributed by atoms with E-state index in [1.165, 1.54) is 0 Å². The number of hydrogen-bond donors (Lipinski definition) is 1. The molecule has 0 amide bonds. The number of nitrogens with one attached hydrogen (secondary N) is 1. The van der Waals surface area contributed by atoms with E-state index >= 15 is 0 Å². The number of benzene rings is 1. The molecule has 1 heterocycles. The molecular formula is C13H18Cl2F2N2. The third-order valence-corrected chi connectivity index (χ3v) is 3.78. The zero-order chi connectivity index (χ0) is 13.1. The Morgan fingerprint density at radius 3 is 2.42 bits per heavy atom. The number of nitrogens with zero attached hydrogens (tertiary/aromatic N) is 1. The Hall–Kier alpha value is -0.420. The summed E-state index contributed by atoms with van der Waals surface area (Å²) < 4.78 is 27.4. The van der Waals surface area contributed by atoms with E-state index in [1.54, 1.807) is 0 Å². The number of rotatable bonds is 3. The van der Waals surface area contributed by atoms with E-state index in [2.05, 4.69) is 10.2 Å². The van der Waals surface area contributed by atoms with Gasteiger partial charge in [0.25, 0.3) is 0 Å². The van der Waals surface area contributed by atoms with Crippen LogP contribution in [0.2, 0.25) is 5.02 Å². The lowest BCUT2D eigenvalue weighted by atomic mass is 10.0. The van der Waals surface area contributed by atoms with Crippen LogP contribution in [-0.2, 0) is 0 Å². The van der Waals surface area contributed by atoms with Crippen LogP contribution in [0.4, 0.5) is 8.78 Å². The predicted octanol–water partition coefficient (Wildman–Crippen LogP) is 3.40. The summed E-state index contributed by atoms with van der Waals surface area (Å²) in [5, 5.41) is 3.16. The highest BCUT2D eigenvalue weighted by Crippen LogP contribution is 2.34. The van der Waals surface area contributed by atoms with Crippen LogP contribution in [0, 0.1) is 11.6 Å². The summed E-state index contributed by atoms with van der Waals surface area (Å²) in [7, 11) is 0. The Labute approximate surface area is 123 Å². The highest BCUT2D eigenvalue weighted by Gasteiger charge is 2.26. The predicted molar refractivity (Wildman–Crippen MR) is 76.1 cm³/mol. The fourth-order valence-corrected chi connectivity index (χ4v) is 2.77. The molecule has 108 valence electrons. The van der Waals surface area contributed by atoms with Crippen LogP contribution >= 0.6 is 24.0 Å². The molecule has 1 saturated heterocycles. The summed E-state index contributed by atoms with van der Waals surface area (Å²) in [6.45, 7) is 5.35. The molecule has 0 saturated carbocycles. The summed E-state index contributed by atoms with van der Waals surface area (Å²) in [6.07, 6.45) is 0.708. The molecule has 1 aliphatic rings. The Morgan fingerprint density at radius 2 is 1.84 bits per heavy atom. The van der Waals surface area contributed by atoms with E-state index in [1.807, 2.05) is 6.92 Å². The maximum Gasteiger partial charge on any atom is 0.142 e. The zero-order valence-corrected chi connectivity index (χ0v) is 12.3. The van der Waals surface area contributed by atoms with E-state index in [0.29, 0.717) is 12.0 Å². The van der Waals surface area contributed by atoms with Gasteiger partial charge in [-0.25, -0.2) is 8.78 Å². The van der Waals surface area contributed by atoms with Crippen molar-refractivity contribution in [2.45, 2.75) is 19.4 Å². The maximum absolute atomic E-state index is 13.9. The van der Waals surface area contributed by atoms with Gasteiger partial charge >= 0.3 is 0 Å². The van der Waals surface area contributed by atoms with E-state index in [9.17, 15) is 8.78 Å². The zero-order valence-electron chi connectivity index (χ0n) is 10.8. The molecule has 2 nitrogen and oxygen atoms in total. The molecule has 1 N–H and O–H groups in total. The Morgan fingerprint density at radius 1 is 1.26 bits per heavy atom. The van der Waals surface area contributed by atoms with Gasteiger partial charge in [0.2, 0.25) is 0 Å². The van der Waals surface area contributed by atoms with Crippen LogP contribution in [0.15, 0.2) is 12.1 Å². The van der Waals surface area contributed by atoms with Crippen molar-refractivity contribution in [2.24, 2.45) is 0 Å². The van der Waals surface area contributed by atoms with Crippen LogP contribution in [0.25, 0.3) is 0 Å². The smallest absolute Gasteiger partial charge is 0.142 e. The average molecular weight is 311 g/mol. The molecule has 0 aliphatic carbocycles. The van der Waals surface area contributed by atoms with Crippen molar-refractivity contribution in [3.05, 3.63) is 34.4 Å². The molecule has 0 radical (unpaired) electrons. The molecule has 0 aromatic heterocycles. The fourth-order valence-electron chi connectivity index (χ4n) is 2.49. The second kappa shape index (κ2) is 7.39. The first-order chi connectivity index (χ1) is 8.65. The Balaban J connectivity index is 0.00000180. The molecule has 1 aromatic carbocycles. The lowest BCUT2D eigenvalue weighted by Crippen LogP contribution is -2.45. The van der Waals surface area contributed by atoms with Gasteiger partial charge in [0.05, 0.1) is 5.02 Å². The molecule has 2 rings (SSSR count). The van der Waals surface area contributed by atoms with Gasteiger partial charge in [0.15, 0.2) is 0 Å². The highest BCUT2D eigenvalue weighted by atomic mass is 35.5. The van der Waals surface area contributed by atoms with Crippen molar-refractivity contribution < 1.29 is 8.78 Å². The van der Waals surface area contributed by atoms with E-state index < -0.39 is 11.6 Å². The Bertz CT molecular complexity index is 423. The van der Waals surface area contributed by atoms with Crippen molar-refractivity contribution in [1.29, 1.82) is 0 Å². The van der Waals surface area contributed by atoms with Gasteiger partial charge in [0, 0.05) is 37.8 Å². The van der Waals surface area contributed by atoms with Gasteiger partial charge < -0.3 is 5.32 Å². The second-order valence-electron chi connectivity index (χ2n) is 4.47. The molecule has 1 aromatic rings. The monoisotopic (exact) mass is 310 g/mol. The number of hydrogen-bond acceptors (Lipinski definition) is 2.